The first-order valence-corrected chi connectivity index (χ1v) is 5.78. The molecule has 0 aliphatic heterocycles. The van der Waals surface area contributed by atoms with E-state index in [9.17, 15) is 14.4 Å². The molecule has 0 rings (SSSR count). The van der Waals surface area contributed by atoms with Crippen molar-refractivity contribution < 1.29 is 28.6 Å². The van der Waals surface area contributed by atoms with E-state index in [1.807, 2.05) is 0 Å². The van der Waals surface area contributed by atoms with Crippen LogP contribution in [-0.4, -0.2) is 51.8 Å². The molecule has 18 heavy (non-hydrogen) atoms. The molecule has 0 spiro atoms. The summed E-state index contributed by atoms with van der Waals surface area (Å²) in [6, 6.07) is 0. The maximum Gasteiger partial charge on any atom is 0.307 e. The summed E-state index contributed by atoms with van der Waals surface area (Å²) in [7, 11) is 0. The molecule has 0 heterocycles. The summed E-state index contributed by atoms with van der Waals surface area (Å²) in [4.78, 5) is 30.8. The summed E-state index contributed by atoms with van der Waals surface area (Å²) >= 11 is 0. The standard InChI is InChI=1S/C11H19NO6/c13-9-16-6-1-2-7-18-11(15)3-4-12-5-8-17-10-14/h9-10,12H,1-8H2. The number of rotatable bonds is 13. The number of carbonyl (C=O) groups excluding carboxylic acids is 3. The van der Waals surface area contributed by atoms with Crippen LogP contribution >= 0.6 is 0 Å². The zero-order valence-electron chi connectivity index (χ0n) is 10.3. The Kier molecular flexibility index (Phi) is 12.2. The molecule has 1 N–H and O–H groups in total. The second kappa shape index (κ2) is 13.4. The molecular formula is C11H19NO6. The highest BCUT2D eigenvalue weighted by Gasteiger charge is 2.01. The van der Waals surface area contributed by atoms with Crippen molar-refractivity contribution >= 4 is 18.9 Å². The first-order chi connectivity index (χ1) is 8.81. The van der Waals surface area contributed by atoms with Crippen LogP contribution in [0.25, 0.3) is 0 Å². The van der Waals surface area contributed by atoms with Crippen LogP contribution in [0.1, 0.15) is 19.3 Å². The van der Waals surface area contributed by atoms with Gasteiger partial charge in [-0.05, 0) is 12.8 Å². The van der Waals surface area contributed by atoms with Crippen LogP contribution < -0.4 is 5.32 Å². The third-order valence-corrected chi connectivity index (χ3v) is 1.96. The van der Waals surface area contributed by atoms with Crippen molar-refractivity contribution in [3.63, 3.8) is 0 Å². The third-order valence-electron chi connectivity index (χ3n) is 1.96. The van der Waals surface area contributed by atoms with Crippen LogP contribution in [0.5, 0.6) is 0 Å². The molecule has 7 nitrogen and oxygen atoms in total. The molecule has 0 aromatic rings. The van der Waals surface area contributed by atoms with Crippen LogP contribution in [0.4, 0.5) is 0 Å². The average Bonchev–Trinajstić information content (AvgIpc) is 2.38. The first-order valence-electron chi connectivity index (χ1n) is 5.78. The van der Waals surface area contributed by atoms with E-state index < -0.39 is 0 Å². The van der Waals surface area contributed by atoms with Crippen molar-refractivity contribution in [1.82, 2.24) is 5.32 Å². The molecule has 104 valence electrons. The average molecular weight is 261 g/mol. The van der Waals surface area contributed by atoms with Gasteiger partial charge in [0, 0.05) is 13.1 Å². The quantitative estimate of drug-likeness (QED) is 0.209. The fourth-order valence-corrected chi connectivity index (χ4v) is 1.09. The molecule has 0 bridgehead atoms. The number of unbranched alkanes of at least 4 members (excludes halogenated alkanes) is 1. The topological polar surface area (TPSA) is 90.9 Å². The monoisotopic (exact) mass is 261 g/mol. The van der Waals surface area contributed by atoms with Gasteiger partial charge < -0.3 is 19.5 Å². The second-order valence-electron chi connectivity index (χ2n) is 3.36. The Morgan fingerprint density at radius 1 is 0.944 bits per heavy atom. The fraction of sp³-hybridized carbons (Fsp3) is 0.727. The van der Waals surface area contributed by atoms with Gasteiger partial charge in [-0.2, -0.15) is 0 Å². The van der Waals surface area contributed by atoms with Crippen molar-refractivity contribution in [3.05, 3.63) is 0 Å². The molecule has 0 saturated carbocycles. The van der Waals surface area contributed by atoms with Crippen LogP contribution in [-0.2, 0) is 28.6 Å². The summed E-state index contributed by atoms with van der Waals surface area (Å²) in [6.07, 6.45) is 1.61. The molecule has 0 aliphatic rings. The smallest absolute Gasteiger partial charge is 0.307 e. The van der Waals surface area contributed by atoms with Crippen molar-refractivity contribution in [2.24, 2.45) is 0 Å². The molecule has 0 fully saturated rings. The molecule has 0 aromatic heterocycles. The molecule has 0 amide bonds. The first kappa shape index (κ1) is 16.4. The van der Waals surface area contributed by atoms with Crippen molar-refractivity contribution in [1.29, 1.82) is 0 Å². The number of esters is 1. The lowest BCUT2D eigenvalue weighted by Crippen LogP contribution is -2.23. The highest BCUT2D eigenvalue weighted by molar-refractivity contribution is 5.69. The molecule has 0 aromatic carbocycles. The molecule has 7 heteroatoms. The number of carbonyl (C=O) groups is 3. The summed E-state index contributed by atoms with van der Waals surface area (Å²) in [5, 5.41) is 2.93. The second-order valence-corrected chi connectivity index (χ2v) is 3.36. The van der Waals surface area contributed by atoms with E-state index in [0.717, 1.165) is 0 Å². The van der Waals surface area contributed by atoms with Gasteiger partial charge in [0.25, 0.3) is 12.9 Å². The molecule has 0 aliphatic carbocycles. The van der Waals surface area contributed by atoms with E-state index >= 15 is 0 Å². The summed E-state index contributed by atoms with van der Waals surface area (Å²) in [5.41, 5.74) is 0. The minimum atomic E-state index is -0.282. The predicted molar refractivity (Wildman–Crippen MR) is 61.7 cm³/mol. The number of ether oxygens (including phenoxy) is 3. The minimum absolute atomic E-state index is 0.270. The zero-order valence-corrected chi connectivity index (χ0v) is 10.3. The van der Waals surface area contributed by atoms with Crippen LogP contribution in [0.15, 0.2) is 0 Å². The van der Waals surface area contributed by atoms with Gasteiger partial charge in [0.05, 0.1) is 19.6 Å². The van der Waals surface area contributed by atoms with Crippen LogP contribution in [0.2, 0.25) is 0 Å². The third kappa shape index (κ3) is 12.4. The molecule has 0 saturated heterocycles. The van der Waals surface area contributed by atoms with E-state index in [1.54, 1.807) is 0 Å². The number of hydrogen-bond donors (Lipinski definition) is 1. The molecule has 0 atom stereocenters. The maximum absolute atomic E-state index is 11.2. The SMILES string of the molecule is O=COCCCCOC(=O)CCNCCOC=O. The van der Waals surface area contributed by atoms with Gasteiger partial charge in [-0.15, -0.1) is 0 Å². The number of hydrogen-bond acceptors (Lipinski definition) is 7. The van der Waals surface area contributed by atoms with Crippen molar-refractivity contribution in [2.45, 2.75) is 19.3 Å². The van der Waals surface area contributed by atoms with Crippen molar-refractivity contribution in [3.8, 4) is 0 Å². The molecule has 0 unspecified atom stereocenters. The largest absolute Gasteiger partial charge is 0.468 e. The van der Waals surface area contributed by atoms with Gasteiger partial charge in [-0.1, -0.05) is 0 Å². The Labute approximate surface area is 106 Å². The number of nitrogens with one attached hydrogen (secondary N) is 1. The van der Waals surface area contributed by atoms with E-state index in [-0.39, 0.29) is 19.0 Å². The normalized spacial score (nSPS) is 9.56. The fourth-order valence-electron chi connectivity index (χ4n) is 1.09. The maximum atomic E-state index is 11.2. The van der Waals surface area contributed by atoms with E-state index in [1.165, 1.54) is 0 Å². The molecule has 0 radical (unpaired) electrons. The zero-order chi connectivity index (χ0) is 13.5. The van der Waals surface area contributed by atoms with Gasteiger partial charge >= 0.3 is 5.97 Å². The lowest BCUT2D eigenvalue weighted by molar-refractivity contribution is -0.144. The van der Waals surface area contributed by atoms with Gasteiger partial charge in [0.15, 0.2) is 0 Å². The van der Waals surface area contributed by atoms with E-state index in [4.69, 9.17) is 4.74 Å². The summed E-state index contributed by atoms with van der Waals surface area (Å²) in [5.74, 6) is -0.282. The van der Waals surface area contributed by atoms with Gasteiger partial charge in [0.1, 0.15) is 6.61 Å². The minimum Gasteiger partial charge on any atom is -0.468 e. The van der Waals surface area contributed by atoms with E-state index in [0.29, 0.717) is 52.1 Å². The predicted octanol–water partition coefficient (Wildman–Crippen LogP) is -0.364. The Morgan fingerprint density at radius 2 is 1.61 bits per heavy atom. The highest BCUT2D eigenvalue weighted by atomic mass is 16.5. The van der Waals surface area contributed by atoms with Crippen molar-refractivity contribution in [2.75, 3.05) is 32.9 Å². The van der Waals surface area contributed by atoms with Gasteiger partial charge in [-0.3, -0.25) is 14.4 Å². The highest BCUT2D eigenvalue weighted by Crippen LogP contribution is 1.93. The van der Waals surface area contributed by atoms with Gasteiger partial charge in [-0.25, -0.2) is 0 Å². The Hall–Kier alpha value is -1.63. The Morgan fingerprint density at radius 3 is 2.33 bits per heavy atom. The lowest BCUT2D eigenvalue weighted by Gasteiger charge is -2.05. The lowest BCUT2D eigenvalue weighted by atomic mass is 10.3. The Balaban J connectivity index is 3.17. The van der Waals surface area contributed by atoms with Gasteiger partial charge in [0.2, 0.25) is 0 Å². The molecular weight excluding hydrogens is 242 g/mol. The van der Waals surface area contributed by atoms with Crippen LogP contribution in [0.3, 0.4) is 0 Å². The van der Waals surface area contributed by atoms with Crippen LogP contribution in [0, 0.1) is 0 Å². The van der Waals surface area contributed by atoms with E-state index in [2.05, 4.69) is 14.8 Å². The Bertz CT molecular complexity index is 212. The summed E-state index contributed by atoms with van der Waals surface area (Å²) < 4.78 is 13.9. The summed E-state index contributed by atoms with van der Waals surface area (Å²) in [6.45, 7) is 2.73.